The lowest BCUT2D eigenvalue weighted by Crippen LogP contribution is -2.44. The van der Waals surface area contributed by atoms with Gasteiger partial charge in [0.15, 0.2) is 0 Å². The largest absolute Gasteiger partial charge is 0.335 e. The molecule has 0 unspecified atom stereocenters. The first-order chi connectivity index (χ1) is 7.75. The molecule has 3 amide bonds. The second kappa shape index (κ2) is 5.32. The second-order valence-electron chi connectivity index (χ2n) is 4.93. The Labute approximate surface area is 96.2 Å². The third-order valence-electron chi connectivity index (χ3n) is 3.38. The van der Waals surface area contributed by atoms with Crippen LogP contribution in [0.3, 0.4) is 0 Å². The Morgan fingerprint density at radius 1 is 0.875 bits per heavy atom. The van der Waals surface area contributed by atoms with Gasteiger partial charge >= 0.3 is 6.03 Å². The summed E-state index contributed by atoms with van der Waals surface area (Å²) >= 11 is 0. The Hall–Kier alpha value is -1.06. The molecule has 0 radical (unpaired) electrons. The number of carbonyl (C=O) groups is 2. The molecule has 0 aliphatic heterocycles. The Kier molecular flexibility index (Phi) is 3.80. The van der Waals surface area contributed by atoms with Crippen molar-refractivity contribution in [2.45, 2.75) is 57.4 Å². The van der Waals surface area contributed by atoms with Gasteiger partial charge in [-0.1, -0.05) is 25.7 Å². The van der Waals surface area contributed by atoms with Gasteiger partial charge in [0.05, 0.1) is 0 Å². The van der Waals surface area contributed by atoms with Crippen molar-refractivity contribution in [2.24, 2.45) is 5.92 Å². The molecule has 0 aromatic heterocycles. The topological polar surface area (TPSA) is 58.2 Å². The summed E-state index contributed by atoms with van der Waals surface area (Å²) in [5, 5.41) is 5.32. The maximum absolute atomic E-state index is 11.5. The van der Waals surface area contributed by atoms with Crippen LogP contribution in [0.5, 0.6) is 0 Å². The van der Waals surface area contributed by atoms with Crippen LogP contribution in [0.25, 0.3) is 0 Å². The standard InChI is InChI=1S/C12H20N2O2/c15-11(9-7-8-9)14-12(16)13-10-5-3-1-2-4-6-10/h9-10H,1-8H2,(H2,13,14,15,16). The highest BCUT2D eigenvalue weighted by Gasteiger charge is 2.30. The Bertz CT molecular complexity index is 266. The van der Waals surface area contributed by atoms with Crippen LogP contribution in [0.1, 0.15) is 51.4 Å². The van der Waals surface area contributed by atoms with Gasteiger partial charge in [0.25, 0.3) is 0 Å². The van der Waals surface area contributed by atoms with E-state index in [-0.39, 0.29) is 23.9 Å². The van der Waals surface area contributed by atoms with Crippen molar-refractivity contribution < 1.29 is 9.59 Å². The zero-order chi connectivity index (χ0) is 11.4. The number of rotatable bonds is 2. The molecule has 2 aliphatic rings. The molecule has 0 atom stereocenters. The molecule has 0 spiro atoms. The molecule has 0 saturated heterocycles. The van der Waals surface area contributed by atoms with Crippen molar-refractivity contribution in [1.82, 2.24) is 10.6 Å². The molecule has 2 aliphatic carbocycles. The number of carbonyl (C=O) groups excluding carboxylic acids is 2. The van der Waals surface area contributed by atoms with Gasteiger partial charge in [-0.15, -0.1) is 0 Å². The van der Waals surface area contributed by atoms with E-state index in [1.807, 2.05) is 0 Å². The molecule has 4 heteroatoms. The summed E-state index contributed by atoms with van der Waals surface area (Å²) < 4.78 is 0. The summed E-state index contributed by atoms with van der Waals surface area (Å²) in [7, 11) is 0. The third kappa shape index (κ3) is 3.51. The molecular formula is C12H20N2O2. The summed E-state index contributed by atoms with van der Waals surface area (Å²) in [6.45, 7) is 0. The number of amides is 3. The van der Waals surface area contributed by atoms with Gasteiger partial charge in [-0.2, -0.15) is 0 Å². The van der Waals surface area contributed by atoms with E-state index in [0.29, 0.717) is 0 Å². The Morgan fingerprint density at radius 3 is 2.06 bits per heavy atom. The van der Waals surface area contributed by atoms with E-state index in [9.17, 15) is 9.59 Å². The summed E-state index contributed by atoms with van der Waals surface area (Å²) in [5.41, 5.74) is 0. The molecule has 2 N–H and O–H groups in total. The smallest absolute Gasteiger partial charge is 0.321 e. The van der Waals surface area contributed by atoms with Gasteiger partial charge in [0.1, 0.15) is 0 Å². The first kappa shape index (κ1) is 11.4. The molecular weight excluding hydrogens is 204 g/mol. The summed E-state index contributed by atoms with van der Waals surface area (Å²) in [5.74, 6) is -0.00833. The number of nitrogens with one attached hydrogen (secondary N) is 2. The van der Waals surface area contributed by atoms with Crippen molar-refractivity contribution >= 4 is 11.9 Å². The lowest BCUT2D eigenvalue weighted by Gasteiger charge is -2.16. The average Bonchev–Trinajstić information content (AvgIpc) is 3.05. The molecule has 2 fully saturated rings. The highest BCUT2D eigenvalue weighted by Crippen LogP contribution is 2.28. The predicted octanol–water partition coefficient (Wildman–Crippen LogP) is 1.94. The van der Waals surface area contributed by atoms with Gasteiger partial charge in [0, 0.05) is 12.0 Å². The van der Waals surface area contributed by atoms with Crippen LogP contribution in [-0.4, -0.2) is 18.0 Å². The van der Waals surface area contributed by atoms with Gasteiger partial charge in [-0.05, 0) is 25.7 Å². The van der Waals surface area contributed by atoms with E-state index >= 15 is 0 Å². The zero-order valence-electron chi connectivity index (χ0n) is 9.63. The van der Waals surface area contributed by atoms with Crippen LogP contribution >= 0.6 is 0 Å². The Balaban J connectivity index is 1.70. The first-order valence-electron chi connectivity index (χ1n) is 6.37. The van der Waals surface area contributed by atoms with Crippen LogP contribution in [-0.2, 0) is 4.79 Å². The number of imide groups is 1. The SMILES string of the molecule is O=C(NC(=O)C1CC1)NC1CCCCCC1. The van der Waals surface area contributed by atoms with Crippen molar-refractivity contribution in [2.75, 3.05) is 0 Å². The fraction of sp³-hybridized carbons (Fsp3) is 0.833. The molecule has 0 bridgehead atoms. The van der Waals surface area contributed by atoms with E-state index in [1.165, 1.54) is 25.7 Å². The van der Waals surface area contributed by atoms with Gasteiger partial charge in [-0.25, -0.2) is 4.79 Å². The quantitative estimate of drug-likeness (QED) is 0.704. The second-order valence-corrected chi connectivity index (χ2v) is 4.93. The fourth-order valence-corrected chi connectivity index (χ4v) is 2.20. The molecule has 4 nitrogen and oxygen atoms in total. The number of urea groups is 1. The predicted molar refractivity (Wildman–Crippen MR) is 60.9 cm³/mol. The summed E-state index contributed by atoms with van der Waals surface area (Å²) in [4.78, 5) is 22.9. The van der Waals surface area contributed by atoms with Crippen LogP contribution in [0, 0.1) is 5.92 Å². The molecule has 2 saturated carbocycles. The van der Waals surface area contributed by atoms with E-state index < -0.39 is 0 Å². The maximum atomic E-state index is 11.5. The van der Waals surface area contributed by atoms with Crippen LogP contribution < -0.4 is 10.6 Å². The van der Waals surface area contributed by atoms with Crippen LogP contribution in [0.2, 0.25) is 0 Å². The van der Waals surface area contributed by atoms with Crippen molar-refractivity contribution in [3.63, 3.8) is 0 Å². The highest BCUT2D eigenvalue weighted by molar-refractivity contribution is 5.96. The van der Waals surface area contributed by atoms with Crippen molar-refractivity contribution in [1.29, 1.82) is 0 Å². The normalized spacial score (nSPS) is 22.2. The summed E-state index contributed by atoms with van der Waals surface area (Å²) in [6, 6.07) is -0.0432. The number of hydrogen-bond acceptors (Lipinski definition) is 2. The van der Waals surface area contributed by atoms with E-state index in [0.717, 1.165) is 25.7 Å². The van der Waals surface area contributed by atoms with Gasteiger partial charge in [0.2, 0.25) is 5.91 Å². The van der Waals surface area contributed by atoms with E-state index in [4.69, 9.17) is 0 Å². The lowest BCUT2D eigenvalue weighted by atomic mass is 10.1. The summed E-state index contributed by atoms with van der Waals surface area (Å²) in [6.07, 6.45) is 8.85. The van der Waals surface area contributed by atoms with Gasteiger partial charge in [-0.3, -0.25) is 10.1 Å². The van der Waals surface area contributed by atoms with E-state index in [2.05, 4.69) is 10.6 Å². The number of hydrogen-bond donors (Lipinski definition) is 2. The van der Waals surface area contributed by atoms with Crippen LogP contribution in [0.15, 0.2) is 0 Å². The first-order valence-corrected chi connectivity index (χ1v) is 6.37. The lowest BCUT2D eigenvalue weighted by molar-refractivity contribution is -0.121. The monoisotopic (exact) mass is 224 g/mol. The van der Waals surface area contributed by atoms with E-state index in [1.54, 1.807) is 0 Å². The van der Waals surface area contributed by atoms with Gasteiger partial charge < -0.3 is 5.32 Å². The highest BCUT2D eigenvalue weighted by atomic mass is 16.2. The minimum atomic E-state index is -0.302. The van der Waals surface area contributed by atoms with Crippen LogP contribution in [0.4, 0.5) is 4.79 Å². The van der Waals surface area contributed by atoms with Crippen molar-refractivity contribution in [3.05, 3.63) is 0 Å². The van der Waals surface area contributed by atoms with Crippen molar-refractivity contribution in [3.8, 4) is 0 Å². The third-order valence-corrected chi connectivity index (χ3v) is 3.38. The molecule has 90 valence electrons. The Morgan fingerprint density at radius 2 is 1.50 bits per heavy atom. The maximum Gasteiger partial charge on any atom is 0.321 e. The molecule has 0 heterocycles. The molecule has 0 aromatic carbocycles. The fourth-order valence-electron chi connectivity index (χ4n) is 2.20. The molecule has 0 aromatic rings. The molecule has 2 rings (SSSR count). The molecule has 16 heavy (non-hydrogen) atoms. The zero-order valence-corrected chi connectivity index (χ0v) is 9.63. The minimum absolute atomic E-state index is 0.0971. The average molecular weight is 224 g/mol. The minimum Gasteiger partial charge on any atom is -0.335 e.